The van der Waals surface area contributed by atoms with Gasteiger partial charge in [0.2, 0.25) is 10.0 Å². The molecule has 2 aromatic heterocycles. The number of rotatable bonds is 5. The molecule has 0 radical (unpaired) electrons. The fourth-order valence-corrected chi connectivity index (χ4v) is 5.20. The maximum atomic E-state index is 13.0. The number of imidazole rings is 1. The van der Waals surface area contributed by atoms with E-state index in [4.69, 9.17) is 0 Å². The van der Waals surface area contributed by atoms with Gasteiger partial charge in [-0.1, -0.05) is 0 Å². The number of aryl methyl sites for hydroxylation is 2. The smallest absolute Gasteiger partial charge is 0.323 e. The molecule has 0 saturated carbocycles. The fourth-order valence-electron chi connectivity index (χ4n) is 3.75. The van der Waals surface area contributed by atoms with E-state index in [-0.39, 0.29) is 22.9 Å². The van der Waals surface area contributed by atoms with Crippen molar-refractivity contribution >= 4 is 26.8 Å². The number of nitrogens with one attached hydrogen (secondary N) is 3. The lowest BCUT2D eigenvalue weighted by Gasteiger charge is -2.33. The van der Waals surface area contributed by atoms with Crippen LogP contribution >= 0.6 is 0 Å². The number of sulfonamides is 1. The van der Waals surface area contributed by atoms with E-state index >= 15 is 0 Å². The SMILES string of the molecule is Cc1cc(C(=O)CN2CCN(S(=O)(=O)c3ccc4[nH]c(=O)[nH]c4c3)CC2)c(C)[nH]1. The normalized spacial score (nSPS) is 16.5. The summed E-state index contributed by atoms with van der Waals surface area (Å²) < 4.78 is 27.4. The Labute approximate surface area is 167 Å². The molecule has 0 amide bonds. The van der Waals surface area contributed by atoms with Gasteiger partial charge in [-0.05, 0) is 38.1 Å². The lowest BCUT2D eigenvalue weighted by molar-refractivity contribution is 0.0901. The number of aromatic nitrogens is 3. The number of Topliss-reactive ketones (excluding diaryl/α,β-unsaturated/α-hetero) is 1. The average Bonchev–Trinajstić information content (AvgIpc) is 3.21. The van der Waals surface area contributed by atoms with Gasteiger partial charge in [0.15, 0.2) is 5.78 Å². The van der Waals surface area contributed by atoms with Crippen LogP contribution in [0.3, 0.4) is 0 Å². The highest BCUT2D eigenvalue weighted by atomic mass is 32.2. The van der Waals surface area contributed by atoms with Crippen LogP contribution in [0.25, 0.3) is 11.0 Å². The Kier molecular flexibility index (Phi) is 4.93. The number of hydrogen-bond donors (Lipinski definition) is 3. The zero-order chi connectivity index (χ0) is 20.8. The summed E-state index contributed by atoms with van der Waals surface area (Å²) in [6.45, 7) is 5.63. The first-order chi connectivity index (χ1) is 13.7. The Morgan fingerprint density at radius 3 is 2.34 bits per heavy atom. The summed E-state index contributed by atoms with van der Waals surface area (Å²) in [6.07, 6.45) is 0. The molecule has 0 aliphatic carbocycles. The van der Waals surface area contributed by atoms with Crippen LogP contribution in [-0.2, 0) is 10.0 Å². The molecule has 0 unspecified atom stereocenters. The summed E-state index contributed by atoms with van der Waals surface area (Å²) in [7, 11) is -3.67. The van der Waals surface area contributed by atoms with Crippen LogP contribution < -0.4 is 5.69 Å². The Hall–Kier alpha value is -2.69. The zero-order valence-electron chi connectivity index (χ0n) is 16.3. The minimum Gasteiger partial charge on any atom is -0.362 e. The molecular weight excluding hydrogens is 394 g/mol. The summed E-state index contributed by atoms with van der Waals surface area (Å²) in [6, 6.07) is 6.39. The predicted octanol–water partition coefficient (Wildman–Crippen LogP) is 0.990. The molecule has 154 valence electrons. The van der Waals surface area contributed by atoms with E-state index in [9.17, 15) is 18.0 Å². The number of carbonyl (C=O) groups excluding carboxylic acids is 1. The van der Waals surface area contributed by atoms with Crippen molar-refractivity contribution in [2.45, 2.75) is 18.7 Å². The second kappa shape index (κ2) is 7.29. The first-order valence-electron chi connectivity index (χ1n) is 9.38. The van der Waals surface area contributed by atoms with Gasteiger partial charge >= 0.3 is 5.69 Å². The number of hydrogen-bond acceptors (Lipinski definition) is 5. The zero-order valence-corrected chi connectivity index (χ0v) is 17.1. The van der Waals surface area contributed by atoms with Gasteiger partial charge in [-0.25, -0.2) is 13.2 Å². The Morgan fingerprint density at radius 1 is 1.00 bits per heavy atom. The predicted molar refractivity (Wildman–Crippen MR) is 109 cm³/mol. The van der Waals surface area contributed by atoms with E-state index in [1.54, 1.807) is 6.07 Å². The summed E-state index contributed by atoms with van der Waals surface area (Å²) in [5.74, 6) is 0.0324. The highest BCUT2D eigenvalue weighted by Crippen LogP contribution is 2.21. The molecule has 4 rings (SSSR count). The van der Waals surface area contributed by atoms with Gasteiger partial charge in [-0.3, -0.25) is 9.69 Å². The number of H-pyrrole nitrogens is 3. The van der Waals surface area contributed by atoms with Crippen molar-refractivity contribution in [3.05, 3.63) is 51.7 Å². The molecule has 0 spiro atoms. The average molecular weight is 417 g/mol. The third-order valence-corrected chi connectivity index (χ3v) is 7.17. The summed E-state index contributed by atoms with van der Waals surface area (Å²) in [5, 5.41) is 0. The molecule has 3 aromatic rings. The van der Waals surface area contributed by atoms with Crippen LogP contribution in [0.5, 0.6) is 0 Å². The van der Waals surface area contributed by atoms with Crippen molar-refractivity contribution < 1.29 is 13.2 Å². The molecule has 1 aromatic carbocycles. The maximum Gasteiger partial charge on any atom is 0.323 e. The molecule has 10 heteroatoms. The third kappa shape index (κ3) is 3.78. The van der Waals surface area contributed by atoms with E-state index in [1.165, 1.54) is 16.4 Å². The van der Waals surface area contributed by atoms with Gasteiger partial charge in [-0.2, -0.15) is 4.31 Å². The molecule has 1 saturated heterocycles. The van der Waals surface area contributed by atoms with Crippen LogP contribution in [0.1, 0.15) is 21.7 Å². The van der Waals surface area contributed by atoms with Gasteiger partial charge in [0, 0.05) is 43.1 Å². The monoisotopic (exact) mass is 417 g/mol. The molecular formula is C19H23N5O4S. The fraction of sp³-hybridized carbons (Fsp3) is 0.368. The first-order valence-corrected chi connectivity index (χ1v) is 10.8. The van der Waals surface area contributed by atoms with Crippen molar-refractivity contribution in [2.75, 3.05) is 32.7 Å². The van der Waals surface area contributed by atoms with Gasteiger partial charge in [-0.15, -0.1) is 0 Å². The van der Waals surface area contributed by atoms with E-state index in [0.29, 0.717) is 42.8 Å². The number of piperazine rings is 1. The van der Waals surface area contributed by atoms with Crippen LogP contribution in [0.4, 0.5) is 0 Å². The van der Waals surface area contributed by atoms with Crippen LogP contribution in [0.15, 0.2) is 34.0 Å². The Bertz CT molecular complexity index is 1230. The molecule has 3 N–H and O–H groups in total. The lowest BCUT2D eigenvalue weighted by atomic mass is 10.1. The minimum atomic E-state index is -3.67. The molecule has 1 fully saturated rings. The highest BCUT2D eigenvalue weighted by molar-refractivity contribution is 7.89. The molecule has 1 aliphatic heterocycles. The molecule has 0 bridgehead atoms. The number of nitrogens with zero attached hydrogens (tertiary/aromatic N) is 2. The maximum absolute atomic E-state index is 13.0. The third-order valence-electron chi connectivity index (χ3n) is 5.27. The van der Waals surface area contributed by atoms with Crippen molar-refractivity contribution in [1.82, 2.24) is 24.2 Å². The first kappa shape index (κ1) is 19.6. The number of benzene rings is 1. The molecule has 0 atom stereocenters. The van der Waals surface area contributed by atoms with E-state index in [1.807, 2.05) is 24.8 Å². The highest BCUT2D eigenvalue weighted by Gasteiger charge is 2.29. The van der Waals surface area contributed by atoms with Crippen molar-refractivity contribution in [3.8, 4) is 0 Å². The number of ketones is 1. The Balaban J connectivity index is 1.43. The van der Waals surface area contributed by atoms with Crippen molar-refractivity contribution in [1.29, 1.82) is 0 Å². The van der Waals surface area contributed by atoms with Crippen LogP contribution in [-0.4, -0.2) is 71.1 Å². The number of aromatic amines is 3. The molecule has 29 heavy (non-hydrogen) atoms. The van der Waals surface area contributed by atoms with Crippen molar-refractivity contribution in [2.24, 2.45) is 0 Å². The molecule has 3 heterocycles. The van der Waals surface area contributed by atoms with E-state index in [2.05, 4.69) is 15.0 Å². The number of fused-ring (bicyclic) bond motifs is 1. The summed E-state index contributed by atoms with van der Waals surface area (Å²) in [5.41, 5.74) is 3.13. The molecule has 9 nitrogen and oxygen atoms in total. The second-order valence-electron chi connectivity index (χ2n) is 7.38. The Morgan fingerprint density at radius 2 is 1.69 bits per heavy atom. The van der Waals surface area contributed by atoms with Crippen molar-refractivity contribution in [3.63, 3.8) is 0 Å². The number of carbonyl (C=O) groups is 1. The lowest BCUT2D eigenvalue weighted by Crippen LogP contribution is -2.49. The van der Waals surface area contributed by atoms with Gasteiger partial charge < -0.3 is 15.0 Å². The standard InChI is InChI=1S/C19H23N5O4S/c1-12-9-15(13(2)20-12)18(25)11-23-5-7-24(8-6-23)29(27,28)14-3-4-16-17(10-14)22-19(26)21-16/h3-4,9-10,20H,5-8,11H2,1-2H3,(H2,21,22,26). The quantitative estimate of drug-likeness (QED) is 0.535. The second-order valence-corrected chi connectivity index (χ2v) is 9.32. The van der Waals surface area contributed by atoms with Gasteiger partial charge in [0.1, 0.15) is 0 Å². The van der Waals surface area contributed by atoms with Crippen LogP contribution in [0, 0.1) is 13.8 Å². The van der Waals surface area contributed by atoms with Gasteiger partial charge in [0.05, 0.1) is 22.5 Å². The van der Waals surface area contributed by atoms with E-state index in [0.717, 1.165) is 11.4 Å². The van der Waals surface area contributed by atoms with Gasteiger partial charge in [0.25, 0.3) is 0 Å². The van der Waals surface area contributed by atoms with Crippen LogP contribution in [0.2, 0.25) is 0 Å². The molecule has 1 aliphatic rings. The van der Waals surface area contributed by atoms with E-state index < -0.39 is 10.0 Å². The summed E-state index contributed by atoms with van der Waals surface area (Å²) in [4.78, 5) is 34.4. The largest absolute Gasteiger partial charge is 0.362 e. The topological polar surface area (TPSA) is 122 Å². The summed E-state index contributed by atoms with van der Waals surface area (Å²) >= 11 is 0. The minimum absolute atomic E-state index is 0.0324.